The van der Waals surface area contributed by atoms with Crippen LogP contribution in [0.25, 0.3) is 16.3 Å². The molecule has 0 bridgehead atoms. The number of aliphatic carboxylic acids is 1. The lowest BCUT2D eigenvalue weighted by Crippen LogP contribution is -2.39. The zero-order valence-corrected chi connectivity index (χ0v) is 33.4. The lowest BCUT2D eigenvalue weighted by Gasteiger charge is -2.23. The number of carboxylic acid groups (broad SMARTS) is 1. The van der Waals surface area contributed by atoms with Gasteiger partial charge in [0.25, 0.3) is 15.1 Å². The quantitative estimate of drug-likeness (QED) is 0.0529. The summed E-state index contributed by atoms with van der Waals surface area (Å²) < 4.78 is 52.3. The molecule has 0 saturated heterocycles. The molecule has 0 fully saturated rings. The van der Waals surface area contributed by atoms with Crippen molar-refractivity contribution in [3.8, 4) is 0 Å². The molecule has 3 N–H and O–H groups in total. The number of amides is 2. The van der Waals surface area contributed by atoms with E-state index in [1.54, 1.807) is 24.7 Å². The molecule has 1 aromatic heterocycles. The predicted molar refractivity (Wildman–Crippen MR) is 210 cm³/mol. The van der Waals surface area contributed by atoms with Crippen LogP contribution in [0.15, 0.2) is 91.6 Å². The van der Waals surface area contributed by atoms with Crippen LogP contribution in [0.1, 0.15) is 44.0 Å². The third kappa shape index (κ3) is 11.5. The number of allylic oxidation sites excluding steroid dienone is 6. The topological polar surface area (TPSA) is 171 Å². The smallest absolute Gasteiger partial charge is 0.312 e. The molecule has 12 nitrogen and oxygen atoms in total. The van der Waals surface area contributed by atoms with Crippen LogP contribution in [0.4, 0.5) is 5.69 Å². The van der Waals surface area contributed by atoms with Gasteiger partial charge in [-0.25, -0.2) is 0 Å². The van der Waals surface area contributed by atoms with Gasteiger partial charge in [-0.05, 0) is 72.7 Å². The molecule has 2 amide bonds. The first-order valence-electron chi connectivity index (χ1n) is 16.6. The normalized spacial score (nSPS) is 18.2. The van der Waals surface area contributed by atoms with Gasteiger partial charge >= 0.3 is 5.97 Å². The summed E-state index contributed by atoms with van der Waals surface area (Å²) >= 11 is 4.27. The van der Waals surface area contributed by atoms with Gasteiger partial charge in [0.05, 0.1) is 34.4 Å². The molecule has 1 aliphatic carbocycles. The summed E-state index contributed by atoms with van der Waals surface area (Å²) in [6.07, 6.45) is 13.6. The number of imide groups is 1. The van der Waals surface area contributed by atoms with Crippen LogP contribution < -0.4 is 14.8 Å². The molecule has 17 heteroatoms. The van der Waals surface area contributed by atoms with E-state index in [2.05, 4.69) is 35.0 Å². The number of rotatable bonds is 15. The van der Waals surface area contributed by atoms with Gasteiger partial charge in [-0.1, -0.05) is 48.3 Å². The summed E-state index contributed by atoms with van der Waals surface area (Å²) in [6, 6.07) is 11.5. The van der Waals surface area contributed by atoms with E-state index in [4.69, 9.17) is 9.29 Å². The second kappa shape index (κ2) is 18.2. The van der Waals surface area contributed by atoms with Crippen molar-refractivity contribution < 1.29 is 45.4 Å². The molecule has 3 aromatic rings. The first-order valence-corrected chi connectivity index (χ1v) is 22.1. The standard InChI is InChI=1S/C36H39N3O9S5/c1-23-15-24(7-6-8-34-38(13-4-5-14-53(45,46)47)29-20-27(52(3)44)10-12-31(29)49-34)17-25(16-23)18-35-39(22-33(41)37-32(40)21-36(42)43)28-19-26(51-48-2)9-11-30(28)50-35/h6-12,17-20,23H,4-5,13-16,21-22H2,1-3H3,(H2-,37,40,41,42,43,45,46,47)/p+1. The van der Waals surface area contributed by atoms with Gasteiger partial charge in [-0.3, -0.25) is 28.5 Å². The molecular formula is C36H40N3O9S5+. The Labute approximate surface area is 323 Å². The SMILES string of the molecule is COSc1ccc2c(c1)N(CC(=O)NC(=O)CC(=O)O)C(=CC1=CC(=CC=Cc3sc4ccc(S(C)=O)cc4[n+]3CCCCS(=O)(=O)O)CC(C)C1)S2. The Morgan fingerprint density at radius 3 is 2.66 bits per heavy atom. The second-order valence-corrected chi connectivity index (χ2v) is 18.6. The van der Waals surface area contributed by atoms with Gasteiger partial charge in [-0.15, -0.1) is 0 Å². The van der Waals surface area contributed by atoms with Gasteiger partial charge in [0.2, 0.25) is 17.3 Å². The van der Waals surface area contributed by atoms with E-state index >= 15 is 0 Å². The monoisotopic (exact) mass is 818 g/mol. The van der Waals surface area contributed by atoms with E-state index in [0.717, 1.165) is 59.7 Å². The number of aryl methyl sites for hydroxylation is 1. The number of hydrogen-bond acceptors (Lipinski definition) is 11. The maximum atomic E-state index is 12.9. The average molecular weight is 819 g/mol. The molecular weight excluding hydrogens is 779 g/mol. The lowest BCUT2D eigenvalue weighted by molar-refractivity contribution is -0.669. The van der Waals surface area contributed by atoms with Crippen molar-refractivity contribution in [2.45, 2.75) is 60.3 Å². The van der Waals surface area contributed by atoms with Crippen molar-refractivity contribution in [2.75, 3.05) is 30.6 Å². The number of thiazole rings is 1. The van der Waals surface area contributed by atoms with Gasteiger partial charge < -0.3 is 14.2 Å². The lowest BCUT2D eigenvalue weighted by atomic mass is 9.87. The van der Waals surface area contributed by atoms with E-state index in [1.165, 1.54) is 23.8 Å². The fourth-order valence-electron chi connectivity index (χ4n) is 6.05. The zero-order valence-electron chi connectivity index (χ0n) is 29.3. The van der Waals surface area contributed by atoms with Crippen LogP contribution in [0.2, 0.25) is 0 Å². The Hall–Kier alpha value is -3.58. The molecule has 2 heterocycles. The summed E-state index contributed by atoms with van der Waals surface area (Å²) in [6.45, 7) is 2.51. The Morgan fingerprint density at radius 2 is 1.94 bits per heavy atom. The highest BCUT2D eigenvalue weighted by molar-refractivity contribution is 8.03. The van der Waals surface area contributed by atoms with Crippen molar-refractivity contribution in [3.05, 3.63) is 81.9 Å². The minimum atomic E-state index is -4.05. The number of carbonyl (C=O) groups is 3. The third-order valence-corrected chi connectivity index (χ3v) is 12.8. The summed E-state index contributed by atoms with van der Waals surface area (Å²) in [5, 5.41) is 12.9. The van der Waals surface area contributed by atoms with Crippen molar-refractivity contribution in [1.29, 1.82) is 0 Å². The van der Waals surface area contributed by atoms with E-state index in [1.807, 2.05) is 53.5 Å². The number of nitrogens with zero attached hydrogens (tertiary/aromatic N) is 2. The Kier molecular flexibility index (Phi) is 13.9. The molecule has 282 valence electrons. The van der Waals surface area contributed by atoms with Gasteiger partial charge in [-0.2, -0.15) is 13.0 Å². The number of hydrogen-bond donors (Lipinski definition) is 3. The number of fused-ring (bicyclic) bond motifs is 2. The van der Waals surface area contributed by atoms with Crippen LogP contribution in [-0.2, 0) is 46.0 Å². The number of nitrogens with one attached hydrogen (secondary N) is 1. The first kappa shape index (κ1) is 40.6. The van der Waals surface area contributed by atoms with Crippen molar-refractivity contribution >= 4 is 95.8 Å². The third-order valence-electron chi connectivity index (χ3n) is 8.24. The van der Waals surface area contributed by atoms with Crippen LogP contribution in [0.5, 0.6) is 0 Å². The second-order valence-electron chi connectivity index (χ2n) is 12.6. The molecule has 2 unspecified atom stereocenters. The minimum absolute atomic E-state index is 0.187. The Morgan fingerprint density at radius 1 is 1.15 bits per heavy atom. The van der Waals surface area contributed by atoms with Crippen molar-refractivity contribution in [1.82, 2.24) is 5.32 Å². The van der Waals surface area contributed by atoms with Gasteiger partial charge in [0.15, 0.2) is 6.54 Å². The van der Waals surface area contributed by atoms with E-state index < -0.39 is 45.1 Å². The van der Waals surface area contributed by atoms with Crippen LogP contribution in [-0.4, -0.2) is 65.7 Å². The number of anilines is 1. The minimum Gasteiger partial charge on any atom is -0.481 e. The van der Waals surface area contributed by atoms with Crippen molar-refractivity contribution in [2.24, 2.45) is 5.92 Å². The highest BCUT2D eigenvalue weighted by atomic mass is 32.2. The number of benzene rings is 2. The zero-order chi connectivity index (χ0) is 38.3. The number of unbranched alkanes of at least 4 members (excludes halogenated alkanes) is 1. The summed E-state index contributed by atoms with van der Waals surface area (Å²) in [5.41, 5.74) is 3.86. The summed E-state index contributed by atoms with van der Waals surface area (Å²) in [4.78, 5) is 40.2. The molecule has 53 heavy (non-hydrogen) atoms. The van der Waals surface area contributed by atoms with E-state index in [-0.39, 0.29) is 12.3 Å². The predicted octanol–water partition coefficient (Wildman–Crippen LogP) is 6.11. The van der Waals surface area contributed by atoms with Crippen LogP contribution in [0.3, 0.4) is 0 Å². The average Bonchev–Trinajstić information content (AvgIpc) is 3.58. The highest BCUT2D eigenvalue weighted by Gasteiger charge is 2.29. The number of thioether (sulfide) groups is 1. The van der Waals surface area contributed by atoms with Crippen molar-refractivity contribution in [3.63, 3.8) is 0 Å². The summed E-state index contributed by atoms with van der Waals surface area (Å²) in [5.74, 6) is -2.79. The Balaban J connectivity index is 1.41. The number of aromatic nitrogens is 1. The molecule has 0 saturated carbocycles. The fourth-order valence-corrected chi connectivity index (χ4v) is 9.83. The first-order chi connectivity index (χ1) is 25.2. The van der Waals surface area contributed by atoms with E-state index in [0.29, 0.717) is 30.2 Å². The molecule has 5 rings (SSSR count). The maximum Gasteiger partial charge on any atom is 0.312 e. The Bertz CT molecular complexity index is 2170. The molecule has 0 radical (unpaired) electrons. The summed E-state index contributed by atoms with van der Waals surface area (Å²) in [7, 11) is -3.65. The number of carbonyl (C=O) groups excluding carboxylic acids is 2. The molecule has 2 aromatic carbocycles. The van der Waals surface area contributed by atoms with Gasteiger partial charge in [0, 0.05) is 51.5 Å². The van der Waals surface area contributed by atoms with Gasteiger partial charge in [0.1, 0.15) is 17.7 Å². The van der Waals surface area contributed by atoms with E-state index in [9.17, 15) is 31.6 Å². The fraction of sp³-hybridized carbons (Fsp3) is 0.333. The molecule has 0 spiro atoms. The highest BCUT2D eigenvalue weighted by Crippen LogP contribution is 2.48. The van der Waals surface area contributed by atoms with Crippen LogP contribution in [0, 0.1) is 5.92 Å². The molecule has 1 aliphatic heterocycles. The molecule has 2 aliphatic rings. The largest absolute Gasteiger partial charge is 0.481 e. The molecule has 2 atom stereocenters. The number of carboxylic acids is 1. The van der Waals surface area contributed by atoms with Crippen LogP contribution >= 0.6 is 35.1 Å². The maximum absolute atomic E-state index is 12.9.